The highest BCUT2D eigenvalue weighted by atomic mass is 16.1. The molecule has 6 aromatic rings. The van der Waals surface area contributed by atoms with Gasteiger partial charge in [0, 0.05) is 11.3 Å². The van der Waals surface area contributed by atoms with Crippen LogP contribution < -0.4 is 5.32 Å². The number of hydrogen-bond acceptors (Lipinski definition) is 2. The molecule has 0 aliphatic rings. The fourth-order valence-corrected chi connectivity index (χ4v) is 6.25. The molecule has 0 saturated carbocycles. The number of aldehydes is 1. The molecule has 0 heterocycles. The van der Waals surface area contributed by atoms with Crippen LogP contribution in [0, 0.1) is 0 Å². The minimum absolute atomic E-state index is 0.203. The second kappa shape index (κ2) is 16.4. The highest BCUT2D eigenvalue weighted by Gasteiger charge is 2.25. The molecule has 0 fully saturated rings. The van der Waals surface area contributed by atoms with Crippen molar-refractivity contribution in [2.75, 3.05) is 5.32 Å². The summed E-state index contributed by atoms with van der Waals surface area (Å²) in [6.45, 7) is 4.55. The van der Waals surface area contributed by atoms with Gasteiger partial charge in [-0.3, -0.25) is 4.79 Å². The molecular weight excluding hydrogens is 607 g/mol. The topological polar surface area (TPSA) is 29.1 Å². The third kappa shape index (κ3) is 8.92. The van der Waals surface area contributed by atoms with Crippen LogP contribution in [0.25, 0.3) is 36.0 Å². The maximum atomic E-state index is 10.9. The third-order valence-electron chi connectivity index (χ3n) is 9.05. The second-order valence-electron chi connectivity index (χ2n) is 12.9. The fourth-order valence-electron chi connectivity index (χ4n) is 6.25. The summed E-state index contributed by atoms with van der Waals surface area (Å²) >= 11 is 0. The van der Waals surface area contributed by atoms with Gasteiger partial charge in [-0.1, -0.05) is 183 Å². The van der Waals surface area contributed by atoms with Gasteiger partial charge in [0.2, 0.25) is 0 Å². The Morgan fingerprint density at radius 3 is 1.34 bits per heavy atom. The lowest BCUT2D eigenvalue weighted by atomic mass is 9.86. The quantitative estimate of drug-likeness (QED) is 0.0996. The summed E-state index contributed by atoms with van der Waals surface area (Å²) in [5, 5.41) is 3.86. The van der Waals surface area contributed by atoms with Gasteiger partial charge in [-0.15, -0.1) is 0 Å². The van der Waals surface area contributed by atoms with Gasteiger partial charge in [0.15, 0.2) is 0 Å². The van der Waals surface area contributed by atoms with Crippen LogP contribution >= 0.6 is 0 Å². The van der Waals surface area contributed by atoms with E-state index in [0.717, 1.165) is 47.1 Å². The predicted octanol–water partition coefficient (Wildman–Crippen LogP) is 12.6. The Balaban J connectivity index is 1.12. The van der Waals surface area contributed by atoms with Crippen LogP contribution in [-0.2, 0) is 5.54 Å². The van der Waals surface area contributed by atoms with Crippen LogP contribution in [0.5, 0.6) is 0 Å². The first kappa shape index (κ1) is 33.9. The van der Waals surface area contributed by atoms with Gasteiger partial charge >= 0.3 is 0 Å². The molecule has 0 unspecified atom stereocenters. The average Bonchev–Trinajstić information content (AvgIpc) is 3.17. The molecule has 0 radical (unpaired) electrons. The smallest absolute Gasteiger partial charge is 0.150 e. The highest BCUT2D eigenvalue weighted by Crippen LogP contribution is 2.33. The van der Waals surface area contributed by atoms with E-state index in [0.29, 0.717) is 5.56 Å². The van der Waals surface area contributed by atoms with Gasteiger partial charge in [0.25, 0.3) is 0 Å². The molecule has 1 atom stereocenters. The number of carbonyl (C=O) groups is 1. The van der Waals surface area contributed by atoms with E-state index in [1.165, 1.54) is 27.8 Å². The standard InChI is InChI=1S/C48H43NO/c1-3-34-48(2,45-30-26-41(27-31-45)35-47(43-10-6-4-7-11-43)44-12-8-5-9-13-44)49-46-32-28-40(29-33-46)21-20-38-16-14-37(15-17-38)18-19-39-22-24-42(36-50)25-23-39/h4-33,35-36,49H,3,34H2,1-2H3/b19-18+,21-20+/t48-/m0/s1. The number of anilines is 1. The molecule has 0 aliphatic heterocycles. The average molecular weight is 650 g/mol. The van der Waals surface area contributed by atoms with Crippen molar-refractivity contribution >= 4 is 47.9 Å². The molecule has 0 saturated heterocycles. The SMILES string of the molecule is CCC[C@](C)(Nc1ccc(/C=C/c2ccc(/C=C/c3ccc(C=O)cc3)cc2)cc1)c1ccc(C=C(c2ccccc2)c2ccccc2)cc1. The molecule has 0 spiro atoms. The second-order valence-corrected chi connectivity index (χ2v) is 12.9. The van der Waals surface area contributed by atoms with Crippen molar-refractivity contribution in [1.29, 1.82) is 0 Å². The van der Waals surface area contributed by atoms with Crippen molar-refractivity contribution in [2.45, 2.75) is 32.2 Å². The van der Waals surface area contributed by atoms with Gasteiger partial charge in [-0.2, -0.15) is 0 Å². The first-order valence-electron chi connectivity index (χ1n) is 17.3. The number of hydrogen-bond donors (Lipinski definition) is 1. The van der Waals surface area contributed by atoms with E-state index in [1.54, 1.807) is 0 Å². The zero-order valence-electron chi connectivity index (χ0n) is 28.8. The summed E-state index contributed by atoms with van der Waals surface area (Å²) in [6.07, 6.45) is 13.7. The molecule has 2 nitrogen and oxygen atoms in total. The Hall–Kier alpha value is -5.99. The Bertz CT molecular complexity index is 2010. The highest BCUT2D eigenvalue weighted by molar-refractivity contribution is 5.91. The molecule has 0 aromatic heterocycles. The molecule has 6 rings (SSSR count). The summed E-state index contributed by atoms with van der Waals surface area (Å²) < 4.78 is 0. The zero-order chi connectivity index (χ0) is 34.6. The summed E-state index contributed by atoms with van der Waals surface area (Å²) in [4.78, 5) is 10.9. The minimum Gasteiger partial charge on any atom is -0.376 e. The largest absolute Gasteiger partial charge is 0.376 e. The Kier molecular flexibility index (Phi) is 11.1. The van der Waals surface area contributed by atoms with Crippen LogP contribution in [0.1, 0.15) is 81.6 Å². The molecule has 1 N–H and O–H groups in total. The van der Waals surface area contributed by atoms with E-state index in [1.807, 2.05) is 24.3 Å². The summed E-state index contributed by atoms with van der Waals surface area (Å²) in [6, 6.07) is 55.0. The fraction of sp³-hybridized carbons (Fsp3) is 0.104. The molecule has 0 aliphatic carbocycles. The molecular formula is C48H43NO. The maximum Gasteiger partial charge on any atom is 0.150 e. The first-order valence-corrected chi connectivity index (χ1v) is 17.3. The zero-order valence-corrected chi connectivity index (χ0v) is 28.8. The normalized spacial score (nSPS) is 12.4. The minimum atomic E-state index is -0.203. The van der Waals surface area contributed by atoms with Crippen molar-refractivity contribution < 1.29 is 4.79 Å². The summed E-state index contributed by atoms with van der Waals surface area (Å²) in [5.74, 6) is 0. The van der Waals surface area contributed by atoms with Crippen molar-refractivity contribution in [3.05, 3.63) is 208 Å². The number of nitrogens with one attached hydrogen (secondary N) is 1. The van der Waals surface area contributed by atoms with E-state index in [9.17, 15) is 4.79 Å². The van der Waals surface area contributed by atoms with Crippen LogP contribution in [0.15, 0.2) is 158 Å². The molecule has 6 aromatic carbocycles. The Morgan fingerprint density at radius 2 is 0.920 bits per heavy atom. The lowest BCUT2D eigenvalue weighted by molar-refractivity contribution is 0.112. The predicted molar refractivity (Wildman–Crippen MR) is 215 cm³/mol. The van der Waals surface area contributed by atoms with Crippen molar-refractivity contribution in [2.24, 2.45) is 0 Å². The molecule has 2 heteroatoms. The molecule has 0 amide bonds. The summed E-state index contributed by atoms with van der Waals surface area (Å²) in [5.41, 5.74) is 12.2. The Labute approximate surface area is 297 Å². The number of carbonyl (C=O) groups excluding carboxylic acids is 1. The van der Waals surface area contributed by atoms with Gasteiger partial charge in [0.05, 0.1) is 5.54 Å². The number of benzene rings is 6. The molecule has 246 valence electrons. The lowest BCUT2D eigenvalue weighted by Gasteiger charge is -2.33. The molecule has 0 bridgehead atoms. The van der Waals surface area contributed by atoms with E-state index in [2.05, 4.69) is 183 Å². The molecule has 50 heavy (non-hydrogen) atoms. The monoisotopic (exact) mass is 649 g/mol. The number of rotatable bonds is 13. The van der Waals surface area contributed by atoms with E-state index in [4.69, 9.17) is 0 Å². The Morgan fingerprint density at radius 1 is 0.520 bits per heavy atom. The van der Waals surface area contributed by atoms with Crippen molar-refractivity contribution in [1.82, 2.24) is 0 Å². The van der Waals surface area contributed by atoms with Crippen molar-refractivity contribution in [3.8, 4) is 0 Å². The van der Waals surface area contributed by atoms with Crippen LogP contribution in [-0.4, -0.2) is 6.29 Å². The third-order valence-corrected chi connectivity index (χ3v) is 9.05. The van der Waals surface area contributed by atoms with Crippen LogP contribution in [0.2, 0.25) is 0 Å². The van der Waals surface area contributed by atoms with E-state index >= 15 is 0 Å². The summed E-state index contributed by atoms with van der Waals surface area (Å²) in [7, 11) is 0. The van der Waals surface area contributed by atoms with Gasteiger partial charge in [-0.25, -0.2) is 0 Å². The van der Waals surface area contributed by atoms with E-state index < -0.39 is 0 Å². The van der Waals surface area contributed by atoms with Gasteiger partial charge in [-0.05, 0) is 81.6 Å². The van der Waals surface area contributed by atoms with Gasteiger partial charge in [0.1, 0.15) is 6.29 Å². The van der Waals surface area contributed by atoms with E-state index in [-0.39, 0.29) is 5.54 Å². The van der Waals surface area contributed by atoms with Crippen LogP contribution in [0.3, 0.4) is 0 Å². The van der Waals surface area contributed by atoms with Gasteiger partial charge < -0.3 is 5.32 Å². The van der Waals surface area contributed by atoms with Crippen molar-refractivity contribution in [3.63, 3.8) is 0 Å². The first-order chi connectivity index (χ1) is 24.5. The van der Waals surface area contributed by atoms with Crippen LogP contribution in [0.4, 0.5) is 5.69 Å². The maximum absolute atomic E-state index is 10.9. The lowest BCUT2D eigenvalue weighted by Crippen LogP contribution is -2.31.